The van der Waals surface area contributed by atoms with E-state index >= 15 is 0 Å². The topological polar surface area (TPSA) is 50.5 Å². The standard InChI is InChI=1S/C19H18N4O/c24-19-18-15(7-10-22-9-3-5-16(18)22)21-17-12-13(6-11-23(17)19)14-4-1-2-8-20-14/h1-2,4,6,8,11-12,16H,3,5,7,9-10H2/t16-/m0/s1. The molecule has 3 aromatic rings. The first kappa shape index (κ1) is 13.9. The molecule has 2 aliphatic rings. The molecule has 5 nitrogen and oxygen atoms in total. The summed E-state index contributed by atoms with van der Waals surface area (Å²) in [4.78, 5) is 24.7. The van der Waals surface area contributed by atoms with Crippen LogP contribution in [0.5, 0.6) is 0 Å². The normalized spacial score (nSPS) is 20.1. The summed E-state index contributed by atoms with van der Waals surface area (Å²) in [5.74, 6) is 0. The Bertz CT molecular complexity index is 980. The van der Waals surface area contributed by atoms with Gasteiger partial charge in [0.15, 0.2) is 0 Å². The molecular formula is C19H18N4O. The molecule has 0 aromatic carbocycles. The number of hydrogen-bond acceptors (Lipinski definition) is 4. The molecule has 5 heteroatoms. The molecule has 0 amide bonds. The third-order valence-electron chi connectivity index (χ3n) is 5.24. The van der Waals surface area contributed by atoms with Crippen LogP contribution in [0.25, 0.3) is 16.9 Å². The summed E-state index contributed by atoms with van der Waals surface area (Å²) in [6.45, 7) is 2.12. The average molecular weight is 318 g/mol. The highest BCUT2D eigenvalue weighted by Crippen LogP contribution is 2.35. The van der Waals surface area contributed by atoms with E-state index in [9.17, 15) is 4.79 Å². The molecule has 3 aromatic heterocycles. The maximum atomic E-state index is 13.0. The summed E-state index contributed by atoms with van der Waals surface area (Å²) in [6.07, 6.45) is 6.72. The number of hydrogen-bond donors (Lipinski definition) is 0. The van der Waals surface area contributed by atoms with Gasteiger partial charge in [-0.1, -0.05) is 6.07 Å². The summed E-state index contributed by atoms with van der Waals surface area (Å²) in [5, 5.41) is 0. The van der Waals surface area contributed by atoms with Crippen LogP contribution in [0.15, 0.2) is 47.5 Å². The molecule has 0 saturated carbocycles. The first-order valence-corrected chi connectivity index (χ1v) is 8.52. The Morgan fingerprint density at radius 1 is 1.17 bits per heavy atom. The maximum Gasteiger partial charge on any atom is 0.262 e. The molecule has 1 fully saturated rings. The lowest BCUT2D eigenvalue weighted by molar-refractivity contribution is 0.239. The number of pyridine rings is 2. The van der Waals surface area contributed by atoms with E-state index in [2.05, 4.69) is 9.88 Å². The third kappa shape index (κ3) is 2.01. The highest BCUT2D eigenvalue weighted by molar-refractivity contribution is 5.64. The number of rotatable bonds is 1. The lowest BCUT2D eigenvalue weighted by Gasteiger charge is -2.30. The minimum Gasteiger partial charge on any atom is -0.296 e. The second kappa shape index (κ2) is 5.24. The van der Waals surface area contributed by atoms with Gasteiger partial charge in [-0.3, -0.25) is 19.1 Å². The Labute approximate surface area is 139 Å². The van der Waals surface area contributed by atoms with Gasteiger partial charge in [0.2, 0.25) is 0 Å². The van der Waals surface area contributed by atoms with E-state index in [1.165, 1.54) is 6.42 Å². The summed E-state index contributed by atoms with van der Waals surface area (Å²) in [5.41, 5.74) is 4.60. The van der Waals surface area contributed by atoms with Crippen molar-refractivity contribution in [1.29, 1.82) is 0 Å². The Morgan fingerprint density at radius 3 is 3.00 bits per heavy atom. The minimum atomic E-state index is 0.0965. The van der Waals surface area contributed by atoms with E-state index in [4.69, 9.17) is 4.98 Å². The second-order valence-corrected chi connectivity index (χ2v) is 6.58. The van der Waals surface area contributed by atoms with Crippen molar-refractivity contribution in [3.8, 4) is 11.3 Å². The quantitative estimate of drug-likeness (QED) is 0.691. The minimum absolute atomic E-state index is 0.0965. The van der Waals surface area contributed by atoms with Crippen LogP contribution in [0, 0.1) is 0 Å². The second-order valence-electron chi connectivity index (χ2n) is 6.58. The number of nitrogens with zero attached hydrogens (tertiary/aromatic N) is 4. The molecule has 24 heavy (non-hydrogen) atoms. The molecule has 0 aliphatic carbocycles. The number of aromatic nitrogens is 3. The van der Waals surface area contributed by atoms with Gasteiger partial charge in [-0.2, -0.15) is 0 Å². The van der Waals surface area contributed by atoms with Crippen LogP contribution in [-0.4, -0.2) is 32.4 Å². The molecule has 5 heterocycles. The fraction of sp³-hybridized carbons (Fsp3) is 0.316. The fourth-order valence-corrected chi connectivity index (χ4v) is 4.09. The largest absolute Gasteiger partial charge is 0.296 e. The highest BCUT2D eigenvalue weighted by Gasteiger charge is 2.34. The van der Waals surface area contributed by atoms with Gasteiger partial charge in [0.1, 0.15) is 5.65 Å². The lowest BCUT2D eigenvalue weighted by atomic mass is 9.98. The molecule has 0 radical (unpaired) electrons. The van der Waals surface area contributed by atoms with Crippen molar-refractivity contribution in [3.63, 3.8) is 0 Å². The van der Waals surface area contributed by atoms with Gasteiger partial charge in [-0.15, -0.1) is 0 Å². The van der Waals surface area contributed by atoms with E-state index in [-0.39, 0.29) is 11.6 Å². The average Bonchev–Trinajstić information content (AvgIpc) is 3.10. The maximum absolute atomic E-state index is 13.0. The van der Waals surface area contributed by atoms with Gasteiger partial charge in [-0.25, -0.2) is 4.98 Å². The first-order chi connectivity index (χ1) is 11.8. The monoisotopic (exact) mass is 318 g/mol. The predicted octanol–water partition coefficient (Wildman–Crippen LogP) is 2.45. The molecule has 2 aliphatic heterocycles. The van der Waals surface area contributed by atoms with Crippen LogP contribution in [0.1, 0.15) is 30.1 Å². The van der Waals surface area contributed by atoms with Crippen LogP contribution in [0.2, 0.25) is 0 Å². The molecule has 0 unspecified atom stereocenters. The summed E-state index contributed by atoms with van der Waals surface area (Å²) in [7, 11) is 0. The van der Waals surface area contributed by atoms with E-state index in [1.807, 2.05) is 36.5 Å². The molecule has 1 atom stereocenters. The van der Waals surface area contributed by atoms with Crippen molar-refractivity contribution in [2.75, 3.05) is 13.1 Å². The lowest BCUT2D eigenvalue weighted by Crippen LogP contribution is -2.37. The molecule has 120 valence electrons. The van der Waals surface area contributed by atoms with Crippen molar-refractivity contribution in [2.24, 2.45) is 0 Å². The number of fused-ring (bicyclic) bond motifs is 4. The smallest absolute Gasteiger partial charge is 0.262 e. The Balaban J connectivity index is 1.70. The summed E-state index contributed by atoms with van der Waals surface area (Å²) in [6, 6.07) is 10.0. The van der Waals surface area contributed by atoms with Crippen molar-refractivity contribution in [3.05, 3.63) is 64.3 Å². The SMILES string of the molecule is O=c1c2c(nc3cc(-c4ccccn4)ccn13)CCN1CCC[C@@H]21. The molecule has 0 bridgehead atoms. The van der Waals surface area contributed by atoms with Gasteiger partial charge in [0.05, 0.1) is 17.0 Å². The predicted molar refractivity (Wildman–Crippen MR) is 91.9 cm³/mol. The third-order valence-corrected chi connectivity index (χ3v) is 5.24. The zero-order valence-corrected chi connectivity index (χ0v) is 13.4. The van der Waals surface area contributed by atoms with E-state index < -0.39 is 0 Å². The van der Waals surface area contributed by atoms with Gasteiger partial charge in [-0.05, 0) is 43.7 Å². The van der Waals surface area contributed by atoms with Crippen LogP contribution in [0.3, 0.4) is 0 Å². The van der Waals surface area contributed by atoms with Gasteiger partial charge in [0.25, 0.3) is 5.56 Å². The van der Waals surface area contributed by atoms with Crippen molar-refractivity contribution >= 4 is 5.65 Å². The molecule has 5 rings (SSSR count). The molecule has 0 N–H and O–H groups in total. The van der Waals surface area contributed by atoms with Gasteiger partial charge >= 0.3 is 0 Å². The van der Waals surface area contributed by atoms with E-state index in [1.54, 1.807) is 10.6 Å². The Kier molecular flexibility index (Phi) is 3.03. The van der Waals surface area contributed by atoms with Crippen LogP contribution < -0.4 is 5.56 Å². The van der Waals surface area contributed by atoms with Gasteiger partial charge in [0, 0.05) is 37.0 Å². The van der Waals surface area contributed by atoms with Crippen molar-refractivity contribution < 1.29 is 0 Å². The van der Waals surface area contributed by atoms with Crippen LogP contribution in [0.4, 0.5) is 0 Å². The van der Waals surface area contributed by atoms with Crippen molar-refractivity contribution in [1.82, 2.24) is 19.3 Å². The van der Waals surface area contributed by atoms with Crippen LogP contribution in [-0.2, 0) is 6.42 Å². The highest BCUT2D eigenvalue weighted by atomic mass is 16.1. The molecular weight excluding hydrogens is 300 g/mol. The zero-order chi connectivity index (χ0) is 16.1. The first-order valence-electron chi connectivity index (χ1n) is 8.52. The van der Waals surface area contributed by atoms with Crippen molar-refractivity contribution in [2.45, 2.75) is 25.3 Å². The van der Waals surface area contributed by atoms with Gasteiger partial charge < -0.3 is 0 Å². The summed E-state index contributed by atoms with van der Waals surface area (Å²) < 4.78 is 1.69. The van der Waals surface area contributed by atoms with E-state index in [0.717, 1.165) is 48.4 Å². The zero-order valence-electron chi connectivity index (χ0n) is 13.4. The van der Waals surface area contributed by atoms with E-state index in [0.29, 0.717) is 5.65 Å². The molecule has 0 spiro atoms. The Hall–Kier alpha value is -2.53. The summed E-state index contributed by atoms with van der Waals surface area (Å²) >= 11 is 0. The molecule has 1 saturated heterocycles. The Morgan fingerprint density at radius 2 is 2.12 bits per heavy atom. The van der Waals surface area contributed by atoms with Crippen LogP contribution >= 0.6 is 0 Å². The fourth-order valence-electron chi connectivity index (χ4n) is 4.09.